The molecule has 0 unspecified atom stereocenters. The molecule has 0 fully saturated rings. The summed E-state index contributed by atoms with van der Waals surface area (Å²) < 4.78 is 1.93. The quantitative estimate of drug-likeness (QED) is 0.576. The van der Waals surface area contributed by atoms with Gasteiger partial charge in [0.25, 0.3) is 0 Å². The van der Waals surface area contributed by atoms with E-state index in [1.165, 1.54) is 12.8 Å². The Balaban J connectivity index is 2.15. The third-order valence-electron chi connectivity index (χ3n) is 3.83. The molecular weight excluding hydrogens is 282 g/mol. The molecule has 0 aliphatic rings. The van der Waals surface area contributed by atoms with Crippen LogP contribution < -0.4 is 0 Å². The van der Waals surface area contributed by atoms with Crippen molar-refractivity contribution in [1.82, 2.24) is 25.0 Å². The van der Waals surface area contributed by atoms with Crippen molar-refractivity contribution >= 4 is 11.8 Å². The molecule has 21 heavy (non-hydrogen) atoms. The number of rotatable bonds is 7. The molecular formula is C15H23N5S. The molecule has 0 radical (unpaired) electrons. The van der Waals surface area contributed by atoms with Gasteiger partial charge in [-0.25, -0.2) is 9.97 Å². The standard InChI is InChI=1S/C15H23N5S/c1-5-8-15(6-2,7-3)21-14-16-9-12(10-17-14)13-11-20(4)19-18-13/h9-11H,5-8H2,1-4H3. The average Bonchev–Trinajstić information content (AvgIpc) is 2.94. The van der Waals surface area contributed by atoms with Crippen molar-refractivity contribution in [3.8, 4) is 11.3 Å². The normalized spacial score (nSPS) is 11.8. The lowest BCUT2D eigenvalue weighted by molar-refractivity contribution is 0.499. The van der Waals surface area contributed by atoms with Crippen LogP contribution in [0.15, 0.2) is 23.7 Å². The molecule has 0 spiro atoms. The second kappa shape index (κ2) is 7.02. The number of nitrogens with zero attached hydrogens (tertiary/aromatic N) is 5. The monoisotopic (exact) mass is 305 g/mol. The van der Waals surface area contributed by atoms with Gasteiger partial charge in [0.1, 0.15) is 5.69 Å². The van der Waals surface area contributed by atoms with Gasteiger partial charge in [0, 0.05) is 29.8 Å². The van der Waals surface area contributed by atoms with Gasteiger partial charge in [0.2, 0.25) is 0 Å². The van der Waals surface area contributed by atoms with Crippen LogP contribution in [0.25, 0.3) is 11.3 Å². The van der Waals surface area contributed by atoms with Crippen molar-refractivity contribution in [2.45, 2.75) is 56.4 Å². The zero-order valence-electron chi connectivity index (χ0n) is 13.2. The van der Waals surface area contributed by atoms with Crippen LogP contribution in [0.2, 0.25) is 0 Å². The van der Waals surface area contributed by atoms with Crippen LogP contribution in [-0.2, 0) is 7.05 Å². The summed E-state index contributed by atoms with van der Waals surface area (Å²) in [6, 6.07) is 0. The second-order valence-electron chi connectivity index (χ2n) is 5.27. The molecule has 0 N–H and O–H groups in total. The molecule has 0 saturated carbocycles. The molecule has 0 saturated heterocycles. The van der Waals surface area contributed by atoms with E-state index in [9.17, 15) is 0 Å². The highest BCUT2D eigenvalue weighted by Crippen LogP contribution is 2.40. The molecule has 0 aliphatic heterocycles. The minimum absolute atomic E-state index is 0.253. The summed E-state index contributed by atoms with van der Waals surface area (Å²) in [5.74, 6) is 0. The summed E-state index contributed by atoms with van der Waals surface area (Å²) in [5.41, 5.74) is 1.71. The molecule has 0 amide bonds. The molecule has 5 nitrogen and oxygen atoms in total. The van der Waals surface area contributed by atoms with Crippen LogP contribution in [0.4, 0.5) is 0 Å². The first-order chi connectivity index (χ1) is 10.1. The fraction of sp³-hybridized carbons (Fsp3) is 0.600. The third-order valence-corrected chi connectivity index (χ3v) is 5.44. The van der Waals surface area contributed by atoms with Crippen LogP contribution in [0.3, 0.4) is 0 Å². The van der Waals surface area contributed by atoms with E-state index in [1.807, 2.05) is 25.6 Å². The number of aromatic nitrogens is 5. The highest BCUT2D eigenvalue weighted by atomic mass is 32.2. The largest absolute Gasteiger partial charge is 0.255 e. The van der Waals surface area contributed by atoms with E-state index < -0.39 is 0 Å². The predicted molar refractivity (Wildman–Crippen MR) is 86.1 cm³/mol. The first-order valence-electron chi connectivity index (χ1n) is 7.50. The van der Waals surface area contributed by atoms with Gasteiger partial charge in [-0.2, -0.15) is 0 Å². The maximum absolute atomic E-state index is 4.50. The molecule has 0 atom stereocenters. The van der Waals surface area contributed by atoms with Gasteiger partial charge in [-0.15, -0.1) is 5.10 Å². The van der Waals surface area contributed by atoms with Crippen molar-refractivity contribution in [2.24, 2.45) is 7.05 Å². The molecule has 0 aliphatic carbocycles. The maximum atomic E-state index is 4.50. The summed E-state index contributed by atoms with van der Waals surface area (Å²) in [7, 11) is 1.85. The zero-order chi connectivity index (χ0) is 15.3. The molecule has 114 valence electrons. The van der Waals surface area contributed by atoms with Crippen LogP contribution in [0.5, 0.6) is 0 Å². The highest BCUT2D eigenvalue weighted by Gasteiger charge is 2.27. The van der Waals surface area contributed by atoms with Crippen LogP contribution >= 0.6 is 11.8 Å². The van der Waals surface area contributed by atoms with E-state index in [2.05, 4.69) is 41.1 Å². The van der Waals surface area contributed by atoms with E-state index in [-0.39, 0.29) is 4.75 Å². The molecule has 2 aromatic heterocycles. The second-order valence-corrected chi connectivity index (χ2v) is 6.71. The number of aryl methyl sites for hydroxylation is 1. The number of hydrogen-bond acceptors (Lipinski definition) is 5. The summed E-state index contributed by atoms with van der Waals surface area (Å²) in [6.07, 6.45) is 10.2. The number of thioether (sulfide) groups is 1. The number of hydrogen-bond donors (Lipinski definition) is 0. The van der Waals surface area contributed by atoms with Gasteiger partial charge in [0.15, 0.2) is 5.16 Å². The Hall–Kier alpha value is -1.43. The van der Waals surface area contributed by atoms with Crippen molar-refractivity contribution in [3.63, 3.8) is 0 Å². The summed E-state index contributed by atoms with van der Waals surface area (Å²) in [5, 5.41) is 8.86. The maximum Gasteiger partial charge on any atom is 0.188 e. The Morgan fingerprint density at radius 2 is 1.81 bits per heavy atom. The van der Waals surface area contributed by atoms with E-state index in [0.717, 1.165) is 29.3 Å². The minimum Gasteiger partial charge on any atom is -0.255 e. The smallest absolute Gasteiger partial charge is 0.188 e. The van der Waals surface area contributed by atoms with Crippen molar-refractivity contribution in [1.29, 1.82) is 0 Å². The summed E-state index contributed by atoms with van der Waals surface area (Å²) in [4.78, 5) is 9.00. The summed E-state index contributed by atoms with van der Waals surface area (Å²) in [6.45, 7) is 6.73. The third kappa shape index (κ3) is 3.81. The topological polar surface area (TPSA) is 56.5 Å². The predicted octanol–water partition coefficient (Wildman–Crippen LogP) is 3.72. The van der Waals surface area contributed by atoms with Crippen molar-refractivity contribution in [3.05, 3.63) is 18.6 Å². The first-order valence-corrected chi connectivity index (χ1v) is 8.32. The van der Waals surface area contributed by atoms with Crippen LogP contribution in [0, 0.1) is 0 Å². The molecule has 2 rings (SSSR count). The molecule has 6 heteroatoms. The van der Waals surface area contributed by atoms with Gasteiger partial charge in [0.05, 0.1) is 6.20 Å². The lowest BCUT2D eigenvalue weighted by Crippen LogP contribution is -2.22. The first kappa shape index (κ1) is 15.9. The van der Waals surface area contributed by atoms with Crippen LogP contribution in [-0.4, -0.2) is 29.7 Å². The molecule has 2 heterocycles. The lowest BCUT2D eigenvalue weighted by atomic mass is 9.97. The van der Waals surface area contributed by atoms with Gasteiger partial charge in [-0.05, 0) is 19.3 Å². The van der Waals surface area contributed by atoms with Crippen LogP contribution in [0.1, 0.15) is 46.5 Å². The SMILES string of the molecule is CCCC(CC)(CC)Sc1ncc(-c2cn(C)nn2)cn1. The van der Waals surface area contributed by atoms with Gasteiger partial charge in [-0.3, -0.25) is 4.68 Å². The Morgan fingerprint density at radius 3 is 2.29 bits per heavy atom. The van der Waals surface area contributed by atoms with E-state index in [4.69, 9.17) is 0 Å². The van der Waals surface area contributed by atoms with Crippen molar-refractivity contribution < 1.29 is 0 Å². The van der Waals surface area contributed by atoms with Gasteiger partial charge >= 0.3 is 0 Å². The Morgan fingerprint density at radius 1 is 1.14 bits per heavy atom. The van der Waals surface area contributed by atoms with Gasteiger partial charge < -0.3 is 0 Å². The summed E-state index contributed by atoms with van der Waals surface area (Å²) >= 11 is 1.81. The molecule has 0 aromatic carbocycles. The fourth-order valence-corrected chi connectivity index (χ4v) is 3.62. The Kier molecular flexibility index (Phi) is 5.33. The lowest BCUT2D eigenvalue weighted by Gasteiger charge is -2.29. The minimum atomic E-state index is 0.253. The Labute approximate surface area is 130 Å². The van der Waals surface area contributed by atoms with E-state index >= 15 is 0 Å². The van der Waals surface area contributed by atoms with E-state index in [1.54, 1.807) is 16.4 Å². The average molecular weight is 305 g/mol. The Bertz CT molecular complexity index is 560. The molecule has 0 bridgehead atoms. The fourth-order valence-electron chi connectivity index (χ4n) is 2.43. The van der Waals surface area contributed by atoms with E-state index in [0.29, 0.717) is 0 Å². The van der Waals surface area contributed by atoms with Gasteiger partial charge in [-0.1, -0.05) is 44.2 Å². The zero-order valence-corrected chi connectivity index (χ0v) is 14.0. The highest BCUT2D eigenvalue weighted by molar-refractivity contribution is 8.00. The molecule has 2 aromatic rings. The van der Waals surface area contributed by atoms with Crippen molar-refractivity contribution in [2.75, 3.05) is 0 Å².